The molecule has 2 saturated carbocycles. The molecule has 2 aliphatic carbocycles. The summed E-state index contributed by atoms with van der Waals surface area (Å²) in [5.74, 6) is -3.81. The van der Waals surface area contributed by atoms with E-state index in [4.69, 9.17) is 10.8 Å². The van der Waals surface area contributed by atoms with Crippen LogP contribution < -0.4 is 11.1 Å². The van der Waals surface area contributed by atoms with Crippen molar-refractivity contribution in [3.05, 3.63) is 35.9 Å². The van der Waals surface area contributed by atoms with Crippen molar-refractivity contribution in [2.75, 3.05) is 0 Å². The van der Waals surface area contributed by atoms with Crippen LogP contribution in [0.4, 0.5) is 0 Å². The Labute approximate surface area is 132 Å². The van der Waals surface area contributed by atoms with Crippen LogP contribution in [0.5, 0.6) is 0 Å². The first-order valence-corrected chi connectivity index (χ1v) is 7.46. The van der Waals surface area contributed by atoms with E-state index in [1.807, 2.05) is 0 Å². The zero-order chi connectivity index (χ0) is 16.8. The SMILES string of the molecule is N[C@@]1(C(=O)N[C@@H](C(=O)O)c2ccccc2)CC[C@H]2[C@H](C(=O)O)[C@H]21. The highest BCUT2D eigenvalue weighted by molar-refractivity contribution is 5.93. The van der Waals surface area contributed by atoms with Crippen molar-refractivity contribution in [2.24, 2.45) is 23.5 Å². The molecule has 2 aliphatic rings. The maximum Gasteiger partial charge on any atom is 0.330 e. The fraction of sp³-hybridized carbons (Fsp3) is 0.438. The van der Waals surface area contributed by atoms with E-state index in [1.165, 1.54) is 0 Å². The minimum Gasteiger partial charge on any atom is -0.481 e. The summed E-state index contributed by atoms with van der Waals surface area (Å²) in [7, 11) is 0. The Balaban J connectivity index is 1.78. The number of amides is 1. The number of hydrogen-bond donors (Lipinski definition) is 4. The number of rotatable bonds is 5. The van der Waals surface area contributed by atoms with Gasteiger partial charge in [-0.3, -0.25) is 9.59 Å². The standard InChI is InChI=1S/C16H18N2O5/c17-16(7-6-9-10(11(9)16)13(19)20)15(23)18-12(14(21)22)8-4-2-1-3-5-8/h1-5,9-12H,6-7,17H2,(H,18,23)(H,19,20)(H,21,22)/t9-,10-,11-,12+,16-/m0/s1. The van der Waals surface area contributed by atoms with Crippen molar-refractivity contribution in [3.8, 4) is 0 Å². The molecule has 0 saturated heterocycles. The van der Waals surface area contributed by atoms with Gasteiger partial charge in [-0.25, -0.2) is 4.79 Å². The van der Waals surface area contributed by atoms with Gasteiger partial charge in [0.2, 0.25) is 5.91 Å². The third-order valence-corrected chi connectivity index (χ3v) is 5.02. The molecule has 7 nitrogen and oxygen atoms in total. The topological polar surface area (TPSA) is 130 Å². The van der Waals surface area contributed by atoms with Crippen LogP contribution in [0.3, 0.4) is 0 Å². The van der Waals surface area contributed by atoms with E-state index in [0.717, 1.165) is 0 Å². The third kappa shape index (κ3) is 2.46. The van der Waals surface area contributed by atoms with Crippen molar-refractivity contribution in [1.29, 1.82) is 0 Å². The molecule has 1 aromatic rings. The molecule has 122 valence electrons. The number of carbonyl (C=O) groups excluding carboxylic acids is 1. The normalized spacial score (nSPS) is 32.7. The van der Waals surface area contributed by atoms with E-state index in [9.17, 15) is 19.5 Å². The first-order valence-electron chi connectivity index (χ1n) is 7.46. The smallest absolute Gasteiger partial charge is 0.330 e. The molecular weight excluding hydrogens is 300 g/mol. The van der Waals surface area contributed by atoms with Crippen LogP contribution in [0.15, 0.2) is 30.3 Å². The minimum atomic E-state index is -1.31. The third-order valence-electron chi connectivity index (χ3n) is 5.02. The van der Waals surface area contributed by atoms with Crippen molar-refractivity contribution in [3.63, 3.8) is 0 Å². The van der Waals surface area contributed by atoms with Gasteiger partial charge in [-0.2, -0.15) is 0 Å². The Morgan fingerprint density at radius 3 is 2.39 bits per heavy atom. The second-order valence-electron chi connectivity index (χ2n) is 6.29. The quantitative estimate of drug-likeness (QED) is 0.620. The highest BCUT2D eigenvalue weighted by atomic mass is 16.4. The van der Waals surface area contributed by atoms with Crippen molar-refractivity contribution in [2.45, 2.75) is 24.4 Å². The molecule has 1 amide bonds. The van der Waals surface area contributed by atoms with Crippen LogP contribution in [0.25, 0.3) is 0 Å². The highest BCUT2D eigenvalue weighted by Gasteiger charge is 2.69. The van der Waals surface area contributed by atoms with Crippen molar-refractivity contribution < 1.29 is 24.6 Å². The lowest BCUT2D eigenvalue weighted by Gasteiger charge is -2.28. The van der Waals surface area contributed by atoms with Gasteiger partial charge < -0.3 is 21.3 Å². The zero-order valence-corrected chi connectivity index (χ0v) is 12.3. The number of carboxylic acids is 2. The number of hydrogen-bond acceptors (Lipinski definition) is 4. The van der Waals surface area contributed by atoms with E-state index < -0.39 is 41.3 Å². The number of aliphatic carboxylic acids is 2. The van der Waals surface area contributed by atoms with Gasteiger partial charge in [0.05, 0.1) is 11.5 Å². The van der Waals surface area contributed by atoms with E-state index in [0.29, 0.717) is 18.4 Å². The van der Waals surface area contributed by atoms with Crippen LogP contribution in [0.1, 0.15) is 24.4 Å². The molecule has 0 bridgehead atoms. The Kier molecular flexibility index (Phi) is 3.60. The van der Waals surface area contributed by atoms with E-state index >= 15 is 0 Å². The van der Waals surface area contributed by atoms with Gasteiger partial charge in [-0.15, -0.1) is 0 Å². The monoisotopic (exact) mass is 318 g/mol. The van der Waals surface area contributed by atoms with Gasteiger partial charge in [0, 0.05) is 5.92 Å². The molecule has 0 aromatic heterocycles. The summed E-state index contributed by atoms with van der Waals surface area (Å²) in [6, 6.07) is 7.13. The summed E-state index contributed by atoms with van der Waals surface area (Å²) < 4.78 is 0. The molecule has 2 fully saturated rings. The molecule has 1 aromatic carbocycles. The predicted octanol–water partition coefficient (Wildman–Crippen LogP) is 0.367. The lowest BCUT2D eigenvalue weighted by molar-refractivity contribution is -0.144. The summed E-state index contributed by atoms with van der Waals surface area (Å²) in [6.07, 6.45) is 0.952. The maximum absolute atomic E-state index is 12.6. The van der Waals surface area contributed by atoms with Gasteiger partial charge >= 0.3 is 11.9 Å². The van der Waals surface area contributed by atoms with Gasteiger partial charge in [-0.1, -0.05) is 30.3 Å². The lowest BCUT2D eigenvalue weighted by Crippen LogP contribution is -2.56. The number of nitrogens with one attached hydrogen (secondary N) is 1. The highest BCUT2D eigenvalue weighted by Crippen LogP contribution is 2.61. The maximum atomic E-state index is 12.6. The second-order valence-corrected chi connectivity index (χ2v) is 6.29. The van der Waals surface area contributed by atoms with Crippen LogP contribution >= 0.6 is 0 Å². The molecule has 3 rings (SSSR count). The average Bonchev–Trinajstić information content (AvgIpc) is 3.17. The number of carboxylic acid groups (broad SMARTS) is 2. The van der Waals surface area contributed by atoms with Crippen molar-refractivity contribution in [1.82, 2.24) is 5.32 Å². The Morgan fingerprint density at radius 2 is 1.87 bits per heavy atom. The van der Waals surface area contributed by atoms with Crippen LogP contribution in [0, 0.1) is 17.8 Å². The Hall–Kier alpha value is -2.41. The summed E-state index contributed by atoms with van der Waals surface area (Å²) in [5, 5.41) is 21.0. The van der Waals surface area contributed by atoms with E-state index in [-0.39, 0.29) is 5.92 Å². The van der Waals surface area contributed by atoms with Crippen LogP contribution in [0.2, 0.25) is 0 Å². The largest absolute Gasteiger partial charge is 0.481 e. The first kappa shape index (κ1) is 15.5. The summed E-state index contributed by atoms with van der Waals surface area (Å²) in [6.45, 7) is 0. The molecule has 5 atom stereocenters. The van der Waals surface area contributed by atoms with Gasteiger partial charge in [0.1, 0.15) is 0 Å². The molecule has 23 heavy (non-hydrogen) atoms. The average molecular weight is 318 g/mol. The summed E-state index contributed by atoms with van der Waals surface area (Å²) in [5.41, 5.74) is 5.31. The Morgan fingerprint density at radius 1 is 1.22 bits per heavy atom. The molecule has 0 aliphatic heterocycles. The summed E-state index contributed by atoms with van der Waals surface area (Å²) >= 11 is 0. The predicted molar refractivity (Wildman–Crippen MR) is 79.2 cm³/mol. The molecular formula is C16H18N2O5. The second kappa shape index (κ2) is 5.34. The first-order chi connectivity index (χ1) is 10.9. The van der Waals surface area contributed by atoms with E-state index in [1.54, 1.807) is 30.3 Å². The van der Waals surface area contributed by atoms with Gasteiger partial charge in [0.15, 0.2) is 6.04 Å². The molecule has 0 heterocycles. The Bertz CT molecular complexity index is 662. The minimum absolute atomic E-state index is 0.0803. The number of nitrogens with two attached hydrogens (primary N) is 1. The number of carbonyl (C=O) groups is 3. The fourth-order valence-electron chi connectivity index (χ4n) is 3.81. The van der Waals surface area contributed by atoms with Crippen molar-refractivity contribution >= 4 is 17.8 Å². The molecule has 7 heteroatoms. The van der Waals surface area contributed by atoms with Crippen LogP contribution in [-0.2, 0) is 14.4 Å². The zero-order valence-electron chi connectivity index (χ0n) is 12.3. The lowest BCUT2D eigenvalue weighted by atomic mass is 9.89. The van der Waals surface area contributed by atoms with Gasteiger partial charge in [0.25, 0.3) is 0 Å². The molecule has 0 spiro atoms. The van der Waals surface area contributed by atoms with E-state index in [2.05, 4.69) is 5.32 Å². The number of benzene rings is 1. The molecule has 5 N–H and O–H groups in total. The molecule has 0 radical (unpaired) electrons. The molecule has 0 unspecified atom stereocenters. The fourth-order valence-corrected chi connectivity index (χ4v) is 3.81. The van der Waals surface area contributed by atoms with Gasteiger partial charge in [-0.05, 0) is 24.3 Å². The summed E-state index contributed by atoms with van der Waals surface area (Å²) in [4.78, 5) is 35.2. The van der Waals surface area contributed by atoms with Crippen LogP contribution in [-0.4, -0.2) is 33.6 Å². The number of fused-ring (bicyclic) bond motifs is 1.